The number of aliphatic hydroxyl groups excluding tert-OH is 2. The van der Waals surface area contributed by atoms with Crippen molar-refractivity contribution in [3.63, 3.8) is 0 Å². The molecule has 1 aromatic rings. The number of sulfonamides is 1. The Morgan fingerprint density at radius 3 is 2.52 bits per heavy atom. The molecule has 21 heavy (non-hydrogen) atoms. The number of hydrogen-bond acceptors (Lipinski definition) is 7. The molecular formula is C11H19N3O6S. The van der Waals surface area contributed by atoms with Crippen LogP contribution in [0.1, 0.15) is 30.6 Å². The summed E-state index contributed by atoms with van der Waals surface area (Å²) in [7, 11) is -4.19. The van der Waals surface area contributed by atoms with Gasteiger partial charge in [0.2, 0.25) is 0 Å². The molecule has 1 heterocycles. The minimum atomic E-state index is -4.19. The number of esters is 1. The van der Waals surface area contributed by atoms with E-state index in [1.807, 2.05) is 0 Å². The summed E-state index contributed by atoms with van der Waals surface area (Å²) in [6, 6.07) is 0. The monoisotopic (exact) mass is 321 g/mol. The lowest BCUT2D eigenvalue weighted by Crippen LogP contribution is -2.53. The molecule has 0 spiro atoms. The van der Waals surface area contributed by atoms with Crippen LogP contribution in [0.3, 0.4) is 0 Å². The minimum absolute atomic E-state index is 0.0864. The molecular weight excluding hydrogens is 302 g/mol. The minimum Gasteiger partial charge on any atom is -0.462 e. The Morgan fingerprint density at radius 2 is 2.05 bits per heavy atom. The fourth-order valence-corrected chi connectivity index (χ4v) is 3.12. The second-order valence-corrected chi connectivity index (χ2v) is 6.01. The maximum Gasteiger partial charge on any atom is 0.342 e. The van der Waals surface area contributed by atoms with Crippen LogP contribution < -0.4 is 4.72 Å². The number of hydrogen-bond donors (Lipinski definition) is 4. The standard InChI is InChI=1S/C11H19N3O6S/c1-3-11(6-15,7-16)14-21(18,19)9-8(5-12-13-9)10(17)20-4-2/h5,14-16H,3-4,6-7H2,1-2H3,(H,12,13). The van der Waals surface area contributed by atoms with Crippen molar-refractivity contribution in [1.82, 2.24) is 14.9 Å². The van der Waals surface area contributed by atoms with Crippen molar-refractivity contribution in [2.45, 2.75) is 30.8 Å². The number of nitrogens with one attached hydrogen (secondary N) is 2. The third-order valence-corrected chi connectivity index (χ3v) is 4.55. The average molecular weight is 321 g/mol. The van der Waals surface area contributed by atoms with E-state index >= 15 is 0 Å². The first-order valence-electron chi connectivity index (χ1n) is 6.32. The zero-order valence-electron chi connectivity index (χ0n) is 11.8. The number of nitrogens with zero attached hydrogens (tertiary/aromatic N) is 1. The Bertz CT molecular complexity index is 570. The summed E-state index contributed by atoms with van der Waals surface area (Å²) in [5.74, 6) is -0.832. The third kappa shape index (κ3) is 3.79. The number of aromatic amines is 1. The molecule has 1 aromatic heterocycles. The van der Waals surface area contributed by atoms with E-state index in [0.717, 1.165) is 6.20 Å². The maximum absolute atomic E-state index is 12.3. The van der Waals surface area contributed by atoms with Crippen LogP contribution in [0.25, 0.3) is 0 Å². The number of ether oxygens (including phenoxy) is 1. The smallest absolute Gasteiger partial charge is 0.342 e. The van der Waals surface area contributed by atoms with E-state index in [1.54, 1.807) is 13.8 Å². The lowest BCUT2D eigenvalue weighted by molar-refractivity contribution is 0.0521. The molecule has 0 aliphatic rings. The number of H-pyrrole nitrogens is 1. The van der Waals surface area contributed by atoms with Gasteiger partial charge in [-0.15, -0.1) is 0 Å². The van der Waals surface area contributed by atoms with Gasteiger partial charge in [0.15, 0.2) is 5.03 Å². The largest absolute Gasteiger partial charge is 0.462 e. The zero-order valence-corrected chi connectivity index (χ0v) is 12.6. The molecule has 0 bridgehead atoms. The number of carbonyl (C=O) groups is 1. The lowest BCUT2D eigenvalue weighted by Gasteiger charge is -2.28. The van der Waals surface area contributed by atoms with Crippen molar-refractivity contribution in [3.05, 3.63) is 11.8 Å². The molecule has 4 N–H and O–H groups in total. The van der Waals surface area contributed by atoms with E-state index in [-0.39, 0.29) is 18.6 Å². The van der Waals surface area contributed by atoms with E-state index in [2.05, 4.69) is 14.9 Å². The fourth-order valence-electron chi connectivity index (χ4n) is 1.58. The average Bonchev–Trinajstić information content (AvgIpc) is 2.95. The van der Waals surface area contributed by atoms with Crippen LogP contribution >= 0.6 is 0 Å². The van der Waals surface area contributed by atoms with Gasteiger partial charge < -0.3 is 14.9 Å². The predicted molar refractivity (Wildman–Crippen MR) is 72.1 cm³/mol. The molecule has 120 valence electrons. The third-order valence-electron chi connectivity index (χ3n) is 3.00. The zero-order chi connectivity index (χ0) is 16.1. The summed E-state index contributed by atoms with van der Waals surface area (Å²) in [6.07, 6.45) is 1.19. The summed E-state index contributed by atoms with van der Waals surface area (Å²) in [5.41, 5.74) is -1.67. The van der Waals surface area contributed by atoms with Crippen LogP contribution in [0.5, 0.6) is 0 Å². The van der Waals surface area contributed by atoms with Gasteiger partial charge in [-0.3, -0.25) is 5.10 Å². The summed E-state index contributed by atoms with van der Waals surface area (Å²) in [5, 5.41) is 23.9. The molecule has 0 atom stereocenters. The Hall–Kier alpha value is -1.49. The van der Waals surface area contributed by atoms with Gasteiger partial charge in [-0.2, -0.15) is 9.82 Å². The molecule has 0 fully saturated rings. The van der Waals surface area contributed by atoms with Crippen molar-refractivity contribution in [3.8, 4) is 0 Å². The van der Waals surface area contributed by atoms with Crippen LogP contribution in [0.2, 0.25) is 0 Å². The van der Waals surface area contributed by atoms with Gasteiger partial charge in [0.05, 0.1) is 31.6 Å². The van der Waals surface area contributed by atoms with Gasteiger partial charge in [-0.25, -0.2) is 13.2 Å². The Balaban J connectivity index is 3.15. The van der Waals surface area contributed by atoms with Crippen molar-refractivity contribution in [2.75, 3.05) is 19.8 Å². The Labute approximate surface area is 122 Å². The molecule has 0 aliphatic heterocycles. The highest BCUT2D eigenvalue weighted by atomic mass is 32.2. The maximum atomic E-state index is 12.3. The Kier molecular flexibility index (Phi) is 5.84. The first-order chi connectivity index (χ1) is 9.85. The summed E-state index contributed by atoms with van der Waals surface area (Å²) in [6.45, 7) is 2.09. The molecule has 0 amide bonds. The van der Waals surface area contributed by atoms with Gasteiger partial charge in [0.25, 0.3) is 10.0 Å². The first kappa shape index (κ1) is 17.6. The van der Waals surface area contributed by atoms with Crippen LogP contribution in [0.15, 0.2) is 11.2 Å². The predicted octanol–water partition coefficient (Wildman–Crippen LogP) is -1.00. The highest BCUT2D eigenvalue weighted by Crippen LogP contribution is 2.18. The van der Waals surface area contributed by atoms with Gasteiger partial charge in [0.1, 0.15) is 5.56 Å². The molecule has 0 saturated carbocycles. The molecule has 0 radical (unpaired) electrons. The van der Waals surface area contributed by atoms with Crippen molar-refractivity contribution >= 4 is 16.0 Å². The molecule has 9 nitrogen and oxygen atoms in total. The number of aromatic nitrogens is 2. The molecule has 1 rings (SSSR count). The van der Waals surface area contributed by atoms with Crippen molar-refractivity contribution in [2.24, 2.45) is 0 Å². The Morgan fingerprint density at radius 1 is 1.43 bits per heavy atom. The quantitative estimate of drug-likeness (QED) is 0.450. The molecule has 10 heteroatoms. The molecule has 0 aliphatic carbocycles. The normalized spacial score (nSPS) is 12.4. The second kappa shape index (κ2) is 6.98. The molecule has 0 aromatic carbocycles. The summed E-state index contributed by atoms with van der Waals surface area (Å²) >= 11 is 0. The topological polar surface area (TPSA) is 142 Å². The van der Waals surface area contributed by atoms with E-state index in [1.165, 1.54) is 0 Å². The van der Waals surface area contributed by atoms with Crippen molar-refractivity contribution in [1.29, 1.82) is 0 Å². The fraction of sp³-hybridized carbons (Fsp3) is 0.636. The SMILES string of the molecule is CCOC(=O)c1cn[nH]c1S(=O)(=O)NC(CC)(CO)CO. The van der Waals surface area contributed by atoms with Crippen LogP contribution in [0, 0.1) is 0 Å². The molecule has 0 saturated heterocycles. The van der Waals surface area contributed by atoms with E-state index in [4.69, 9.17) is 4.74 Å². The highest BCUT2D eigenvalue weighted by Gasteiger charge is 2.35. The van der Waals surface area contributed by atoms with Gasteiger partial charge >= 0.3 is 5.97 Å². The van der Waals surface area contributed by atoms with Crippen molar-refractivity contribution < 1.29 is 28.2 Å². The number of rotatable bonds is 8. The van der Waals surface area contributed by atoms with Gasteiger partial charge in [-0.05, 0) is 13.3 Å². The number of aliphatic hydroxyl groups is 2. The summed E-state index contributed by atoms with van der Waals surface area (Å²) < 4.78 is 31.5. The van der Waals surface area contributed by atoms with E-state index in [0.29, 0.717) is 0 Å². The van der Waals surface area contributed by atoms with E-state index in [9.17, 15) is 23.4 Å². The molecule has 0 unspecified atom stereocenters. The van der Waals surface area contributed by atoms with Crippen LogP contribution in [0.4, 0.5) is 0 Å². The van der Waals surface area contributed by atoms with Gasteiger partial charge in [-0.1, -0.05) is 6.92 Å². The van der Waals surface area contributed by atoms with Gasteiger partial charge in [0, 0.05) is 0 Å². The van der Waals surface area contributed by atoms with E-state index < -0.39 is 39.8 Å². The highest BCUT2D eigenvalue weighted by molar-refractivity contribution is 7.89. The van der Waals surface area contributed by atoms with Crippen LogP contribution in [-0.2, 0) is 14.8 Å². The van der Waals surface area contributed by atoms with Crippen LogP contribution in [-0.4, -0.2) is 60.2 Å². The second-order valence-electron chi connectivity index (χ2n) is 4.39. The summed E-state index contributed by atoms with van der Waals surface area (Å²) in [4.78, 5) is 11.7. The first-order valence-corrected chi connectivity index (χ1v) is 7.80. The lowest BCUT2D eigenvalue weighted by atomic mass is 10.0. The number of carbonyl (C=O) groups excluding carboxylic acids is 1.